The molecule has 2 atom stereocenters. The molecule has 4 nitrogen and oxygen atoms in total. The van der Waals surface area contributed by atoms with Gasteiger partial charge in [-0.05, 0) is 71.3 Å². The third kappa shape index (κ3) is 4.28. The molecule has 44 heavy (non-hydrogen) atoms. The van der Waals surface area contributed by atoms with Gasteiger partial charge in [0.05, 0.1) is 22.1 Å². The van der Waals surface area contributed by atoms with Gasteiger partial charge in [-0.25, -0.2) is 9.97 Å². The van der Waals surface area contributed by atoms with E-state index in [1.165, 1.54) is 38.9 Å². The molecule has 0 saturated heterocycles. The Bertz CT molecular complexity index is 2170. The lowest BCUT2D eigenvalue weighted by atomic mass is 9.67. The standard InChI is InChI=1S/C40H36N4/c1-26-23-30-17-18-31(27-13-15-28(16-14-27)38-41-34-9-5-7-11-36(34)43(38)3)24-32(30)25-33(26)40(2)21-19-29(20-22-40)39-42-35-10-6-8-12-37(35)44(39)4/h5-21,24-26H,22-23H2,1-4H3. The second kappa shape index (κ2) is 10.1. The van der Waals surface area contributed by atoms with Gasteiger partial charge in [0.2, 0.25) is 0 Å². The van der Waals surface area contributed by atoms with Crippen LogP contribution in [0.4, 0.5) is 0 Å². The molecule has 4 aromatic carbocycles. The van der Waals surface area contributed by atoms with E-state index in [1.54, 1.807) is 0 Å². The van der Waals surface area contributed by atoms with E-state index in [0.717, 1.165) is 46.6 Å². The zero-order valence-corrected chi connectivity index (χ0v) is 25.8. The first-order chi connectivity index (χ1) is 21.4. The van der Waals surface area contributed by atoms with Gasteiger partial charge in [0.1, 0.15) is 11.6 Å². The molecule has 2 aliphatic rings. The SMILES string of the molecule is CC1Cc2ccc(-c3ccc(-c4nc5ccccc5n4C)cc3)cc2C=C1C1(C)C=CC(c2nc3ccccc3n2C)=CC1. The van der Waals surface area contributed by atoms with Crippen LogP contribution in [0.2, 0.25) is 0 Å². The van der Waals surface area contributed by atoms with Crippen LogP contribution >= 0.6 is 0 Å². The molecule has 0 spiro atoms. The van der Waals surface area contributed by atoms with Crippen molar-refractivity contribution in [3.8, 4) is 22.5 Å². The molecule has 2 unspecified atom stereocenters. The zero-order valence-electron chi connectivity index (χ0n) is 25.8. The van der Waals surface area contributed by atoms with Crippen molar-refractivity contribution >= 4 is 33.7 Å². The van der Waals surface area contributed by atoms with Crippen molar-refractivity contribution in [3.63, 3.8) is 0 Å². The summed E-state index contributed by atoms with van der Waals surface area (Å²) >= 11 is 0. The molecule has 0 aliphatic heterocycles. The lowest BCUT2D eigenvalue weighted by molar-refractivity contribution is 0.447. The van der Waals surface area contributed by atoms with Gasteiger partial charge < -0.3 is 9.13 Å². The number of nitrogens with zero attached hydrogens (tertiary/aromatic N) is 4. The van der Waals surface area contributed by atoms with Crippen molar-refractivity contribution in [1.82, 2.24) is 19.1 Å². The van der Waals surface area contributed by atoms with Crippen molar-refractivity contribution in [2.24, 2.45) is 25.4 Å². The summed E-state index contributed by atoms with van der Waals surface area (Å²) in [6.45, 7) is 4.77. The smallest absolute Gasteiger partial charge is 0.140 e. The summed E-state index contributed by atoms with van der Waals surface area (Å²) in [6, 6.07) is 32.5. The second-order valence-corrected chi connectivity index (χ2v) is 12.8. The van der Waals surface area contributed by atoms with Gasteiger partial charge in [-0.2, -0.15) is 0 Å². The fraction of sp³-hybridized carbons (Fsp3) is 0.200. The van der Waals surface area contributed by atoms with Gasteiger partial charge in [-0.3, -0.25) is 0 Å². The number of para-hydroxylation sites is 4. The fourth-order valence-electron chi connectivity index (χ4n) is 7.30. The van der Waals surface area contributed by atoms with Crippen LogP contribution in [0, 0.1) is 11.3 Å². The second-order valence-electron chi connectivity index (χ2n) is 12.8. The van der Waals surface area contributed by atoms with Gasteiger partial charge >= 0.3 is 0 Å². The first-order valence-electron chi connectivity index (χ1n) is 15.6. The van der Waals surface area contributed by atoms with Crippen LogP contribution in [-0.2, 0) is 20.5 Å². The Morgan fingerprint density at radius 2 is 1.34 bits per heavy atom. The number of hydrogen-bond acceptors (Lipinski definition) is 2. The van der Waals surface area contributed by atoms with Crippen molar-refractivity contribution in [2.75, 3.05) is 0 Å². The molecule has 0 bridgehead atoms. The molecule has 2 heterocycles. The first-order valence-corrected chi connectivity index (χ1v) is 15.6. The maximum Gasteiger partial charge on any atom is 0.140 e. The van der Waals surface area contributed by atoms with E-state index in [1.807, 2.05) is 6.07 Å². The van der Waals surface area contributed by atoms with Crippen LogP contribution in [-0.4, -0.2) is 19.1 Å². The molecule has 216 valence electrons. The van der Waals surface area contributed by atoms with E-state index in [-0.39, 0.29) is 5.41 Å². The van der Waals surface area contributed by atoms with Gasteiger partial charge in [0, 0.05) is 30.6 Å². The molecule has 0 fully saturated rings. The predicted molar refractivity (Wildman–Crippen MR) is 183 cm³/mol. The Morgan fingerprint density at radius 1 is 0.727 bits per heavy atom. The minimum absolute atomic E-state index is 0.0194. The molecule has 0 saturated carbocycles. The molecule has 0 amide bonds. The van der Waals surface area contributed by atoms with Gasteiger partial charge in [-0.15, -0.1) is 0 Å². The maximum atomic E-state index is 4.94. The van der Waals surface area contributed by atoms with E-state index in [9.17, 15) is 0 Å². The van der Waals surface area contributed by atoms with Crippen LogP contribution in [0.25, 0.3) is 56.2 Å². The summed E-state index contributed by atoms with van der Waals surface area (Å²) in [4.78, 5) is 9.83. The number of benzene rings is 4. The van der Waals surface area contributed by atoms with Crippen molar-refractivity contribution in [1.29, 1.82) is 0 Å². The molecular weight excluding hydrogens is 536 g/mol. The Kier molecular flexibility index (Phi) is 6.09. The van der Waals surface area contributed by atoms with Gasteiger partial charge in [-0.1, -0.05) is 104 Å². The quantitative estimate of drug-likeness (QED) is 0.211. The number of aryl methyl sites for hydroxylation is 2. The third-order valence-corrected chi connectivity index (χ3v) is 9.86. The Hall–Kier alpha value is -4.96. The van der Waals surface area contributed by atoms with Crippen LogP contribution in [0.1, 0.15) is 37.2 Å². The normalized spacial score (nSPS) is 19.7. The number of hydrogen-bond donors (Lipinski definition) is 0. The summed E-state index contributed by atoms with van der Waals surface area (Å²) in [6.07, 6.45) is 11.6. The van der Waals surface area contributed by atoms with E-state index < -0.39 is 0 Å². The monoisotopic (exact) mass is 572 g/mol. The minimum Gasteiger partial charge on any atom is -0.327 e. The fourth-order valence-corrected chi connectivity index (χ4v) is 7.30. The summed E-state index contributed by atoms with van der Waals surface area (Å²) in [7, 11) is 4.20. The summed E-state index contributed by atoms with van der Waals surface area (Å²) in [5.74, 6) is 2.51. The highest BCUT2D eigenvalue weighted by Gasteiger charge is 2.33. The van der Waals surface area contributed by atoms with Gasteiger partial charge in [0.15, 0.2) is 0 Å². The third-order valence-electron chi connectivity index (χ3n) is 9.86. The lowest BCUT2D eigenvalue weighted by Crippen LogP contribution is -2.25. The zero-order chi connectivity index (χ0) is 30.0. The van der Waals surface area contributed by atoms with E-state index in [0.29, 0.717) is 5.92 Å². The number of fused-ring (bicyclic) bond motifs is 3. The topological polar surface area (TPSA) is 35.6 Å². The average molecular weight is 573 g/mol. The molecular formula is C40H36N4. The Morgan fingerprint density at radius 3 is 2.00 bits per heavy atom. The number of aromatic nitrogens is 4. The van der Waals surface area contributed by atoms with E-state index in [4.69, 9.17) is 9.97 Å². The predicted octanol–water partition coefficient (Wildman–Crippen LogP) is 9.42. The highest BCUT2D eigenvalue weighted by molar-refractivity contribution is 5.83. The molecule has 0 N–H and O–H groups in total. The maximum absolute atomic E-state index is 4.94. The molecule has 2 aromatic heterocycles. The van der Waals surface area contributed by atoms with Crippen molar-refractivity contribution in [2.45, 2.75) is 26.7 Å². The number of allylic oxidation sites excluding steroid dienone is 5. The van der Waals surface area contributed by atoms with Crippen LogP contribution in [0.5, 0.6) is 0 Å². The minimum atomic E-state index is -0.0194. The Labute approximate surface area is 258 Å². The molecule has 2 aliphatic carbocycles. The molecule has 4 heteroatoms. The van der Waals surface area contributed by atoms with Crippen LogP contribution in [0.3, 0.4) is 0 Å². The first kappa shape index (κ1) is 26.7. The van der Waals surface area contributed by atoms with E-state index >= 15 is 0 Å². The van der Waals surface area contributed by atoms with Gasteiger partial charge in [0.25, 0.3) is 0 Å². The molecule has 6 aromatic rings. The largest absolute Gasteiger partial charge is 0.327 e. The van der Waals surface area contributed by atoms with Crippen molar-refractivity contribution in [3.05, 3.63) is 132 Å². The summed E-state index contributed by atoms with van der Waals surface area (Å²) in [5.41, 5.74) is 13.5. The summed E-state index contributed by atoms with van der Waals surface area (Å²) in [5, 5.41) is 0. The van der Waals surface area contributed by atoms with E-state index in [2.05, 4.69) is 146 Å². The molecule has 8 rings (SSSR count). The Balaban J connectivity index is 1.08. The number of rotatable bonds is 4. The number of imidazole rings is 2. The van der Waals surface area contributed by atoms with Crippen LogP contribution < -0.4 is 0 Å². The average Bonchev–Trinajstić information content (AvgIpc) is 3.57. The lowest BCUT2D eigenvalue weighted by Gasteiger charge is -2.37. The van der Waals surface area contributed by atoms with Crippen LogP contribution in [0.15, 0.2) is 115 Å². The highest BCUT2D eigenvalue weighted by atomic mass is 15.1. The summed E-state index contributed by atoms with van der Waals surface area (Å²) < 4.78 is 4.38. The molecule has 0 radical (unpaired) electrons. The highest BCUT2D eigenvalue weighted by Crippen LogP contribution is 2.46. The van der Waals surface area contributed by atoms with Crippen molar-refractivity contribution < 1.29 is 0 Å².